The molecule has 0 aromatic heterocycles. The molecule has 0 saturated carbocycles. The number of amides is 1. The predicted octanol–water partition coefficient (Wildman–Crippen LogP) is 3.70. The molecule has 0 bridgehead atoms. The third-order valence-electron chi connectivity index (χ3n) is 5.43. The molecule has 0 aromatic rings. The van der Waals surface area contributed by atoms with E-state index in [1.165, 1.54) is 37.9 Å². The smallest absolute Gasteiger partial charge is 0.222 e. The highest BCUT2D eigenvalue weighted by Gasteiger charge is 2.42. The van der Waals surface area contributed by atoms with E-state index in [1.807, 2.05) is 0 Å². The van der Waals surface area contributed by atoms with Gasteiger partial charge in [0.05, 0.1) is 0 Å². The monoisotopic (exact) mass is 306 g/mol. The minimum Gasteiger partial charge on any atom is -0.342 e. The minimum atomic E-state index is 0.375. The number of piperidine rings is 1. The van der Waals surface area contributed by atoms with Crippen LogP contribution >= 0.6 is 0 Å². The number of carbonyl (C=O) groups is 1. The van der Waals surface area contributed by atoms with Gasteiger partial charge in [-0.25, -0.2) is 0 Å². The number of carbonyl (C=O) groups excluding carboxylic acids is 1. The summed E-state index contributed by atoms with van der Waals surface area (Å²) < 4.78 is 0. The quantitative estimate of drug-likeness (QED) is 0.723. The Morgan fingerprint density at radius 2 is 2.00 bits per heavy atom. The van der Waals surface area contributed by atoms with Crippen LogP contribution in [-0.2, 0) is 4.79 Å². The van der Waals surface area contributed by atoms with Gasteiger partial charge in [0.2, 0.25) is 5.91 Å². The maximum absolute atomic E-state index is 12.5. The molecule has 2 aliphatic rings. The van der Waals surface area contributed by atoms with Gasteiger partial charge in [-0.15, -0.1) is 0 Å². The van der Waals surface area contributed by atoms with Crippen molar-refractivity contribution in [2.45, 2.75) is 59.8 Å². The molecule has 1 amide bonds. The van der Waals surface area contributed by atoms with E-state index in [-0.39, 0.29) is 0 Å². The van der Waals surface area contributed by atoms with Crippen LogP contribution in [-0.4, -0.2) is 48.4 Å². The van der Waals surface area contributed by atoms with Gasteiger partial charge in [0.15, 0.2) is 0 Å². The highest BCUT2D eigenvalue weighted by molar-refractivity contribution is 5.76. The lowest BCUT2D eigenvalue weighted by Crippen LogP contribution is -2.47. The molecule has 0 aromatic carbocycles. The first-order valence-corrected chi connectivity index (χ1v) is 9.06. The van der Waals surface area contributed by atoms with Crippen molar-refractivity contribution in [2.75, 3.05) is 32.7 Å². The molecule has 2 rings (SSSR count). The van der Waals surface area contributed by atoms with Crippen molar-refractivity contribution in [3.8, 4) is 0 Å². The molecule has 126 valence electrons. The zero-order chi connectivity index (χ0) is 16.2. The summed E-state index contributed by atoms with van der Waals surface area (Å²) in [4.78, 5) is 17.2. The van der Waals surface area contributed by atoms with Crippen LogP contribution in [0.25, 0.3) is 0 Å². The third-order valence-corrected chi connectivity index (χ3v) is 5.43. The molecule has 3 heteroatoms. The fourth-order valence-electron chi connectivity index (χ4n) is 3.93. The van der Waals surface area contributed by atoms with Gasteiger partial charge < -0.3 is 4.90 Å². The Bertz CT molecular complexity index is 416. The summed E-state index contributed by atoms with van der Waals surface area (Å²) in [6.45, 7) is 14.2. The molecular formula is C19H34N2O. The number of nitrogens with zero attached hydrogens (tertiary/aromatic N) is 2. The number of hydrogen-bond donors (Lipinski definition) is 0. The van der Waals surface area contributed by atoms with Gasteiger partial charge in [-0.2, -0.15) is 0 Å². The van der Waals surface area contributed by atoms with Crippen molar-refractivity contribution in [2.24, 2.45) is 11.3 Å². The van der Waals surface area contributed by atoms with Gasteiger partial charge in [-0.05, 0) is 52.0 Å². The van der Waals surface area contributed by atoms with Crippen LogP contribution in [0, 0.1) is 11.3 Å². The first-order chi connectivity index (χ1) is 10.4. The van der Waals surface area contributed by atoms with Gasteiger partial charge in [0.1, 0.15) is 0 Å². The normalized spacial score (nSPS) is 27.1. The van der Waals surface area contributed by atoms with E-state index in [0.717, 1.165) is 32.5 Å². The lowest BCUT2D eigenvalue weighted by Gasteiger charge is -2.40. The molecule has 0 N–H and O–H groups in total. The van der Waals surface area contributed by atoms with Crippen LogP contribution in [0.5, 0.6) is 0 Å². The maximum atomic E-state index is 12.5. The van der Waals surface area contributed by atoms with Gasteiger partial charge >= 0.3 is 0 Å². The second kappa shape index (κ2) is 7.63. The second-order valence-electron chi connectivity index (χ2n) is 7.95. The van der Waals surface area contributed by atoms with Crippen LogP contribution in [0.2, 0.25) is 0 Å². The predicted molar refractivity (Wildman–Crippen MR) is 92.8 cm³/mol. The Labute approximate surface area is 136 Å². The van der Waals surface area contributed by atoms with Crippen molar-refractivity contribution in [1.82, 2.24) is 9.80 Å². The molecule has 2 saturated heterocycles. The molecule has 0 aliphatic carbocycles. The van der Waals surface area contributed by atoms with Crippen molar-refractivity contribution < 1.29 is 4.79 Å². The Balaban J connectivity index is 1.89. The molecular weight excluding hydrogens is 272 g/mol. The van der Waals surface area contributed by atoms with E-state index < -0.39 is 0 Å². The summed E-state index contributed by atoms with van der Waals surface area (Å²) in [5, 5.41) is 0. The standard InChI is InChI=1S/C19H34N2O/c1-5-17(4)13-20-12-10-19(14-20)9-6-11-21(15-19)18(22)8-7-16(2)3/h5,16H,6-15H2,1-4H3/b17-5+/t19-/m1/s1. The summed E-state index contributed by atoms with van der Waals surface area (Å²) in [5.41, 5.74) is 1.83. The SMILES string of the molecule is C/C=C(\C)CN1CC[C@]2(CCCN(C(=O)CCC(C)C)C2)C1. The van der Waals surface area contributed by atoms with Crippen LogP contribution in [0.15, 0.2) is 11.6 Å². The van der Waals surface area contributed by atoms with Gasteiger partial charge in [-0.3, -0.25) is 9.69 Å². The van der Waals surface area contributed by atoms with Crippen molar-refractivity contribution >= 4 is 5.91 Å². The van der Waals surface area contributed by atoms with Crippen molar-refractivity contribution in [1.29, 1.82) is 0 Å². The number of hydrogen-bond acceptors (Lipinski definition) is 2. The third kappa shape index (κ3) is 4.58. The molecule has 1 spiro atoms. The van der Waals surface area contributed by atoms with Gasteiger partial charge in [0, 0.05) is 38.0 Å². The summed E-state index contributed by atoms with van der Waals surface area (Å²) in [6, 6.07) is 0. The van der Waals surface area contributed by atoms with E-state index in [2.05, 4.69) is 43.6 Å². The van der Waals surface area contributed by atoms with Crippen molar-refractivity contribution in [3.63, 3.8) is 0 Å². The maximum Gasteiger partial charge on any atom is 0.222 e. The van der Waals surface area contributed by atoms with Gasteiger partial charge in [-0.1, -0.05) is 25.5 Å². The van der Waals surface area contributed by atoms with Crippen LogP contribution in [0.3, 0.4) is 0 Å². The molecule has 2 heterocycles. The number of likely N-dealkylation sites (tertiary alicyclic amines) is 2. The first-order valence-electron chi connectivity index (χ1n) is 9.06. The Kier molecular flexibility index (Phi) is 6.08. The lowest BCUT2D eigenvalue weighted by atomic mass is 9.79. The Morgan fingerprint density at radius 3 is 2.68 bits per heavy atom. The largest absolute Gasteiger partial charge is 0.342 e. The lowest BCUT2D eigenvalue weighted by molar-refractivity contribution is -0.134. The second-order valence-corrected chi connectivity index (χ2v) is 7.95. The molecule has 22 heavy (non-hydrogen) atoms. The first kappa shape index (κ1) is 17.5. The zero-order valence-electron chi connectivity index (χ0n) is 15.0. The average Bonchev–Trinajstić information content (AvgIpc) is 2.86. The number of rotatable bonds is 5. The summed E-state index contributed by atoms with van der Waals surface area (Å²) in [7, 11) is 0. The molecule has 0 radical (unpaired) electrons. The fourth-order valence-corrected chi connectivity index (χ4v) is 3.93. The average molecular weight is 306 g/mol. The molecule has 1 atom stereocenters. The highest BCUT2D eigenvalue weighted by Crippen LogP contribution is 2.39. The van der Waals surface area contributed by atoms with E-state index in [9.17, 15) is 4.79 Å². The minimum absolute atomic E-state index is 0.375. The highest BCUT2D eigenvalue weighted by atomic mass is 16.2. The van der Waals surface area contributed by atoms with E-state index in [4.69, 9.17) is 0 Å². The number of allylic oxidation sites excluding steroid dienone is 1. The van der Waals surface area contributed by atoms with Crippen LogP contribution < -0.4 is 0 Å². The summed E-state index contributed by atoms with van der Waals surface area (Å²) in [6.07, 6.45) is 7.71. The molecule has 2 aliphatic heterocycles. The molecule has 2 fully saturated rings. The van der Waals surface area contributed by atoms with E-state index in [0.29, 0.717) is 17.2 Å². The summed E-state index contributed by atoms with van der Waals surface area (Å²) in [5.74, 6) is 1.00. The zero-order valence-corrected chi connectivity index (χ0v) is 15.0. The molecule has 3 nitrogen and oxygen atoms in total. The molecule has 0 unspecified atom stereocenters. The van der Waals surface area contributed by atoms with Crippen molar-refractivity contribution in [3.05, 3.63) is 11.6 Å². The van der Waals surface area contributed by atoms with Crippen LogP contribution in [0.4, 0.5) is 0 Å². The van der Waals surface area contributed by atoms with E-state index in [1.54, 1.807) is 0 Å². The topological polar surface area (TPSA) is 23.6 Å². The van der Waals surface area contributed by atoms with Gasteiger partial charge in [0.25, 0.3) is 0 Å². The Morgan fingerprint density at radius 1 is 1.23 bits per heavy atom. The Hall–Kier alpha value is -0.830. The fraction of sp³-hybridized carbons (Fsp3) is 0.842. The summed E-state index contributed by atoms with van der Waals surface area (Å²) >= 11 is 0. The van der Waals surface area contributed by atoms with Crippen LogP contribution in [0.1, 0.15) is 59.8 Å². The van der Waals surface area contributed by atoms with E-state index >= 15 is 0 Å².